The Morgan fingerprint density at radius 1 is 1.26 bits per heavy atom. The van der Waals surface area contributed by atoms with Crippen molar-refractivity contribution in [3.05, 3.63) is 68.9 Å². The number of rotatable bonds is 3. The minimum absolute atomic E-state index is 0.281. The first-order chi connectivity index (χ1) is 8.88. The lowest BCUT2D eigenvalue weighted by atomic mass is 9.86. The number of nitrogens with two attached hydrogens (primary N) is 1. The SMILES string of the molecule is CC(N)(Cc1cc(Cl)ccc1F)c1cccc(Br)c1. The second kappa shape index (κ2) is 5.61. The summed E-state index contributed by atoms with van der Waals surface area (Å²) < 4.78 is 14.7. The lowest BCUT2D eigenvalue weighted by Crippen LogP contribution is -2.35. The van der Waals surface area contributed by atoms with Crippen LogP contribution in [0.2, 0.25) is 5.02 Å². The van der Waals surface area contributed by atoms with Crippen molar-refractivity contribution < 1.29 is 4.39 Å². The third kappa shape index (κ3) is 3.56. The monoisotopic (exact) mass is 341 g/mol. The quantitative estimate of drug-likeness (QED) is 0.862. The Morgan fingerprint density at radius 2 is 2.00 bits per heavy atom. The van der Waals surface area contributed by atoms with Gasteiger partial charge in [0.15, 0.2) is 0 Å². The molecule has 0 saturated carbocycles. The van der Waals surface area contributed by atoms with Gasteiger partial charge in [0.25, 0.3) is 0 Å². The molecule has 0 fully saturated rings. The van der Waals surface area contributed by atoms with Crippen LogP contribution in [-0.4, -0.2) is 0 Å². The Hall–Kier alpha value is -0.900. The smallest absolute Gasteiger partial charge is 0.126 e. The van der Waals surface area contributed by atoms with Crippen molar-refractivity contribution in [3.8, 4) is 0 Å². The molecule has 2 aromatic carbocycles. The van der Waals surface area contributed by atoms with Crippen LogP contribution < -0.4 is 5.73 Å². The van der Waals surface area contributed by atoms with Gasteiger partial charge in [0.1, 0.15) is 5.82 Å². The zero-order chi connectivity index (χ0) is 14.0. The minimum Gasteiger partial charge on any atom is -0.321 e. The minimum atomic E-state index is -0.657. The summed E-state index contributed by atoms with van der Waals surface area (Å²) in [6.45, 7) is 1.88. The molecule has 0 heterocycles. The molecule has 0 radical (unpaired) electrons. The van der Waals surface area contributed by atoms with E-state index in [2.05, 4.69) is 15.9 Å². The van der Waals surface area contributed by atoms with Crippen LogP contribution in [0, 0.1) is 5.82 Å². The number of hydrogen-bond acceptors (Lipinski definition) is 1. The molecule has 100 valence electrons. The fourth-order valence-corrected chi connectivity index (χ4v) is 2.61. The molecule has 4 heteroatoms. The van der Waals surface area contributed by atoms with Crippen molar-refractivity contribution in [2.45, 2.75) is 18.9 Å². The van der Waals surface area contributed by atoms with Crippen molar-refractivity contribution in [2.75, 3.05) is 0 Å². The third-order valence-electron chi connectivity index (χ3n) is 3.05. The van der Waals surface area contributed by atoms with Gasteiger partial charge >= 0.3 is 0 Å². The van der Waals surface area contributed by atoms with Crippen LogP contribution in [0.25, 0.3) is 0 Å². The van der Waals surface area contributed by atoms with Crippen molar-refractivity contribution in [1.29, 1.82) is 0 Å². The van der Waals surface area contributed by atoms with Crippen LogP contribution in [-0.2, 0) is 12.0 Å². The maximum Gasteiger partial charge on any atom is 0.126 e. The van der Waals surface area contributed by atoms with Crippen LogP contribution in [0.3, 0.4) is 0 Å². The third-order valence-corrected chi connectivity index (χ3v) is 3.78. The average molecular weight is 343 g/mol. The molecule has 0 aliphatic heterocycles. The molecule has 2 aromatic rings. The van der Waals surface area contributed by atoms with Gasteiger partial charge in [-0.2, -0.15) is 0 Å². The summed E-state index contributed by atoms with van der Waals surface area (Å²) in [5.41, 5.74) is 7.14. The fraction of sp³-hybridized carbons (Fsp3) is 0.200. The topological polar surface area (TPSA) is 26.0 Å². The molecule has 1 unspecified atom stereocenters. The summed E-state index contributed by atoms with van der Waals surface area (Å²) in [5.74, 6) is -0.281. The van der Waals surface area contributed by atoms with E-state index in [1.807, 2.05) is 31.2 Å². The molecule has 2 N–H and O–H groups in total. The van der Waals surface area contributed by atoms with E-state index in [4.69, 9.17) is 17.3 Å². The van der Waals surface area contributed by atoms with Gasteiger partial charge in [-0.1, -0.05) is 39.7 Å². The molecule has 0 spiro atoms. The molecule has 0 aliphatic carbocycles. The maximum atomic E-state index is 13.8. The summed E-state index contributed by atoms with van der Waals surface area (Å²) in [4.78, 5) is 0. The van der Waals surface area contributed by atoms with E-state index in [0.29, 0.717) is 17.0 Å². The van der Waals surface area contributed by atoms with Gasteiger partial charge in [0.05, 0.1) is 0 Å². The molecule has 0 aliphatic rings. The second-order valence-corrected chi connectivity index (χ2v) is 6.19. The molecule has 2 rings (SSSR count). The molecule has 0 bridgehead atoms. The van der Waals surface area contributed by atoms with E-state index in [1.54, 1.807) is 6.07 Å². The van der Waals surface area contributed by atoms with Gasteiger partial charge in [-0.3, -0.25) is 0 Å². The number of halogens is 3. The summed E-state index contributed by atoms with van der Waals surface area (Å²) in [6, 6.07) is 12.3. The highest BCUT2D eigenvalue weighted by molar-refractivity contribution is 9.10. The van der Waals surface area contributed by atoms with E-state index >= 15 is 0 Å². The lowest BCUT2D eigenvalue weighted by Gasteiger charge is -2.26. The first kappa shape index (κ1) is 14.5. The molecular weight excluding hydrogens is 329 g/mol. The molecule has 0 saturated heterocycles. The molecule has 1 atom stereocenters. The zero-order valence-electron chi connectivity index (χ0n) is 10.5. The van der Waals surface area contributed by atoms with Gasteiger partial charge in [0, 0.05) is 15.0 Å². The van der Waals surface area contributed by atoms with Crippen LogP contribution >= 0.6 is 27.5 Å². The highest BCUT2D eigenvalue weighted by Crippen LogP contribution is 2.27. The summed E-state index contributed by atoms with van der Waals surface area (Å²) in [7, 11) is 0. The van der Waals surface area contributed by atoms with Crippen molar-refractivity contribution in [3.63, 3.8) is 0 Å². The van der Waals surface area contributed by atoms with Crippen molar-refractivity contribution in [2.24, 2.45) is 5.73 Å². The van der Waals surface area contributed by atoms with Crippen molar-refractivity contribution >= 4 is 27.5 Å². The Bertz CT molecular complexity index is 598. The summed E-state index contributed by atoms with van der Waals surface area (Å²) >= 11 is 9.32. The largest absolute Gasteiger partial charge is 0.321 e. The van der Waals surface area contributed by atoms with Gasteiger partial charge in [0.2, 0.25) is 0 Å². The molecule has 0 amide bonds. The fourth-order valence-electron chi connectivity index (χ4n) is 2.02. The summed E-state index contributed by atoms with van der Waals surface area (Å²) in [6.07, 6.45) is 0.385. The van der Waals surface area contributed by atoms with Gasteiger partial charge in [-0.05, 0) is 54.8 Å². The number of benzene rings is 2. The predicted octanol–water partition coefficient (Wildman–Crippen LogP) is 4.66. The average Bonchev–Trinajstić information content (AvgIpc) is 2.33. The Balaban J connectivity index is 2.33. The standard InChI is InChI=1S/C15H14BrClFN/c1-15(19,11-3-2-4-12(16)8-11)9-10-7-13(17)5-6-14(10)18/h2-8H,9,19H2,1H3. The first-order valence-corrected chi connectivity index (χ1v) is 7.04. The zero-order valence-corrected chi connectivity index (χ0v) is 12.8. The molecule has 1 nitrogen and oxygen atoms in total. The molecule has 0 aromatic heterocycles. The van der Waals surface area contributed by atoms with E-state index in [9.17, 15) is 4.39 Å². The van der Waals surface area contributed by atoms with E-state index in [0.717, 1.165) is 10.0 Å². The van der Waals surface area contributed by atoms with Crippen molar-refractivity contribution in [1.82, 2.24) is 0 Å². The van der Waals surface area contributed by atoms with Gasteiger partial charge in [-0.25, -0.2) is 4.39 Å². The van der Waals surface area contributed by atoms with Crippen LogP contribution in [0.1, 0.15) is 18.1 Å². The van der Waals surface area contributed by atoms with Gasteiger partial charge in [-0.15, -0.1) is 0 Å². The second-order valence-electron chi connectivity index (χ2n) is 4.84. The highest BCUT2D eigenvalue weighted by atomic mass is 79.9. The maximum absolute atomic E-state index is 13.8. The Labute approximate surface area is 125 Å². The lowest BCUT2D eigenvalue weighted by molar-refractivity contribution is 0.475. The Kier molecular flexibility index (Phi) is 4.29. The summed E-state index contributed by atoms with van der Waals surface area (Å²) in [5, 5.41) is 0.515. The highest BCUT2D eigenvalue weighted by Gasteiger charge is 2.23. The first-order valence-electron chi connectivity index (χ1n) is 5.87. The number of hydrogen-bond donors (Lipinski definition) is 1. The van der Waals surface area contributed by atoms with Crippen LogP contribution in [0.4, 0.5) is 4.39 Å². The van der Waals surface area contributed by atoms with Gasteiger partial charge < -0.3 is 5.73 Å². The van der Waals surface area contributed by atoms with Crippen LogP contribution in [0.15, 0.2) is 46.9 Å². The van der Waals surface area contributed by atoms with E-state index in [-0.39, 0.29) is 5.82 Å². The predicted molar refractivity (Wildman–Crippen MR) is 80.8 cm³/mol. The van der Waals surface area contributed by atoms with E-state index in [1.165, 1.54) is 12.1 Å². The molecular formula is C15H14BrClFN. The van der Waals surface area contributed by atoms with Crippen LogP contribution in [0.5, 0.6) is 0 Å². The Morgan fingerprint density at radius 3 is 2.68 bits per heavy atom. The normalized spacial score (nSPS) is 14.2. The van der Waals surface area contributed by atoms with E-state index < -0.39 is 5.54 Å². The molecule has 19 heavy (non-hydrogen) atoms.